The summed E-state index contributed by atoms with van der Waals surface area (Å²) in [6.45, 7) is 0. The van der Waals surface area contributed by atoms with Gasteiger partial charge in [-0.2, -0.15) is 0 Å². The SMILES string of the molecule is O=c1[nH]c2ccc(Cl)cc2c(-c2ccccc2)c1-c1cc(-c2ccccc2)nc(=S)[nH]1. The van der Waals surface area contributed by atoms with Crippen molar-refractivity contribution in [3.63, 3.8) is 0 Å². The molecule has 2 N–H and O–H groups in total. The molecule has 0 atom stereocenters. The van der Waals surface area contributed by atoms with E-state index in [1.165, 1.54) is 0 Å². The first-order valence-corrected chi connectivity index (χ1v) is 10.5. The number of nitrogens with zero attached hydrogens (tertiary/aromatic N) is 1. The molecule has 5 aromatic rings. The van der Waals surface area contributed by atoms with Crippen LogP contribution in [0.15, 0.2) is 89.7 Å². The summed E-state index contributed by atoms with van der Waals surface area (Å²) in [5.74, 6) is 0. The first kappa shape index (κ1) is 19.4. The minimum Gasteiger partial charge on any atom is -0.330 e. The van der Waals surface area contributed by atoms with Crippen LogP contribution in [0.3, 0.4) is 0 Å². The van der Waals surface area contributed by atoms with Gasteiger partial charge < -0.3 is 9.97 Å². The molecule has 0 saturated heterocycles. The Hall–Kier alpha value is -3.54. The number of halogens is 1. The van der Waals surface area contributed by atoms with E-state index < -0.39 is 0 Å². The fourth-order valence-corrected chi connectivity index (χ4v) is 4.16. The van der Waals surface area contributed by atoms with E-state index in [2.05, 4.69) is 15.0 Å². The molecule has 2 heterocycles. The summed E-state index contributed by atoms with van der Waals surface area (Å²) >= 11 is 11.7. The molecule has 0 unspecified atom stereocenters. The second kappa shape index (κ2) is 7.95. The van der Waals surface area contributed by atoms with Crippen molar-refractivity contribution in [3.8, 4) is 33.6 Å². The van der Waals surface area contributed by atoms with E-state index in [-0.39, 0.29) is 5.56 Å². The van der Waals surface area contributed by atoms with Crippen molar-refractivity contribution in [2.24, 2.45) is 0 Å². The maximum Gasteiger partial charge on any atom is 0.258 e. The number of H-pyrrole nitrogens is 2. The van der Waals surface area contributed by atoms with E-state index in [0.29, 0.717) is 32.3 Å². The van der Waals surface area contributed by atoms with Gasteiger partial charge in [-0.25, -0.2) is 4.98 Å². The molecule has 0 aliphatic heterocycles. The third-order valence-electron chi connectivity index (χ3n) is 5.12. The van der Waals surface area contributed by atoms with Crippen LogP contribution in [0.4, 0.5) is 0 Å². The highest BCUT2D eigenvalue weighted by Crippen LogP contribution is 2.36. The standard InChI is InChI=1S/C25H16ClN3OS/c26-17-11-12-19-18(13-17)22(16-9-5-2-6-10-16)23(24(30)27-19)21-14-20(28-25(31)29-21)15-7-3-1-4-8-15/h1-14H,(H,27,30)(H,28,29,31). The number of hydrogen-bond donors (Lipinski definition) is 2. The lowest BCUT2D eigenvalue weighted by Gasteiger charge is -2.14. The quantitative estimate of drug-likeness (QED) is 0.309. The summed E-state index contributed by atoms with van der Waals surface area (Å²) in [6, 6.07) is 26.9. The zero-order chi connectivity index (χ0) is 21.4. The van der Waals surface area contributed by atoms with Crippen molar-refractivity contribution in [2.45, 2.75) is 0 Å². The van der Waals surface area contributed by atoms with E-state index in [1.807, 2.05) is 78.9 Å². The third-order valence-corrected chi connectivity index (χ3v) is 5.55. The summed E-state index contributed by atoms with van der Waals surface area (Å²) in [7, 11) is 0. The van der Waals surface area contributed by atoms with E-state index in [4.69, 9.17) is 23.8 Å². The molecule has 0 fully saturated rings. The first-order chi connectivity index (χ1) is 15.1. The van der Waals surface area contributed by atoms with Crippen molar-refractivity contribution >= 4 is 34.7 Å². The van der Waals surface area contributed by atoms with Gasteiger partial charge in [0.15, 0.2) is 4.77 Å². The molecule has 0 bridgehead atoms. The highest BCUT2D eigenvalue weighted by Gasteiger charge is 2.18. The largest absolute Gasteiger partial charge is 0.330 e. The molecular weight excluding hydrogens is 426 g/mol. The van der Waals surface area contributed by atoms with Crippen molar-refractivity contribution in [1.29, 1.82) is 0 Å². The Bertz CT molecular complexity index is 1530. The minimum absolute atomic E-state index is 0.218. The van der Waals surface area contributed by atoms with Crippen LogP contribution >= 0.6 is 23.8 Å². The molecule has 0 aliphatic rings. The van der Waals surface area contributed by atoms with E-state index in [1.54, 1.807) is 6.07 Å². The molecule has 6 heteroatoms. The van der Waals surface area contributed by atoms with Gasteiger partial charge in [0, 0.05) is 27.1 Å². The molecule has 4 nitrogen and oxygen atoms in total. The van der Waals surface area contributed by atoms with Gasteiger partial charge in [0.25, 0.3) is 5.56 Å². The number of fused-ring (bicyclic) bond motifs is 1. The van der Waals surface area contributed by atoms with E-state index in [0.717, 1.165) is 22.1 Å². The summed E-state index contributed by atoms with van der Waals surface area (Å²) in [5, 5.41) is 1.45. The summed E-state index contributed by atoms with van der Waals surface area (Å²) in [6.07, 6.45) is 0. The van der Waals surface area contributed by atoms with Crippen LogP contribution in [0.1, 0.15) is 0 Å². The summed E-state index contributed by atoms with van der Waals surface area (Å²) in [4.78, 5) is 23.9. The number of hydrogen-bond acceptors (Lipinski definition) is 3. The summed E-state index contributed by atoms with van der Waals surface area (Å²) in [5.41, 5.74) is 4.91. The molecule has 31 heavy (non-hydrogen) atoms. The molecule has 0 spiro atoms. The molecule has 150 valence electrons. The van der Waals surface area contributed by atoms with E-state index >= 15 is 0 Å². The Labute approximate surface area is 188 Å². The molecule has 3 aromatic carbocycles. The van der Waals surface area contributed by atoms with Crippen LogP contribution in [-0.2, 0) is 0 Å². The van der Waals surface area contributed by atoms with Crippen molar-refractivity contribution in [2.75, 3.05) is 0 Å². The van der Waals surface area contributed by atoms with Gasteiger partial charge in [-0.1, -0.05) is 72.3 Å². The van der Waals surface area contributed by atoms with Gasteiger partial charge in [-0.15, -0.1) is 0 Å². The van der Waals surface area contributed by atoms with Gasteiger partial charge in [0.2, 0.25) is 0 Å². The smallest absolute Gasteiger partial charge is 0.258 e. The second-order valence-electron chi connectivity index (χ2n) is 7.11. The van der Waals surface area contributed by atoms with Crippen molar-refractivity contribution in [1.82, 2.24) is 15.0 Å². The number of nitrogens with one attached hydrogen (secondary N) is 2. The van der Waals surface area contributed by atoms with E-state index in [9.17, 15) is 4.79 Å². The number of rotatable bonds is 3. The Morgan fingerprint density at radius 2 is 1.45 bits per heavy atom. The number of benzene rings is 3. The van der Waals surface area contributed by atoms with Crippen molar-refractivity contribution in [3.05, 3.63) is 105 Å². The van der Waals surface area contributed by atoms with Crippen LogP contribution in [0.5, 0.6) is 0 Å². The van der Waals surface area contributed by atoms with Gasteiger partial charge in [-0.3, -0.25) is 4.79 Å². The second-order valence-corrected chi connectivity index (χ2v) is 7.93. The third kappa shape index (κ3) is 3.69. The maximum atomic E-state index is 13.3. The zero-order valence-corrected chi connectivity index (χ0v) is 17.8. The molecule has 5 rings (SSSR count). The molecule has 0 amide bonds. The Kier molecular flexibility index (Phi) is 4.98. The Morgan fingerprint density at radius 1 is 0.774 bits per heavy atom. The highest BCUT2D eigenvalue weighted by molar-refractivity contribution is 7.71. The summed E-state index contributed by atoms with van der Waals surface area (Å²) < 4.78 is 0.306. The molecular formula is C25H16ClN3OS. The lowest BCUT2D eigenvalue weighted by atomic mass is 9.94. The molecule has 0 aliphatic carbocycles. The monoisotopic (exact) mass is 441 g/mol. The number of aromatic amines is 2. The van der Waals surface area contributed by atoms with Crippen LogP contribution in [0.2, 0.25) is 5.02 Å². The number of aromatic nitrogens is 3. The zero-order valence-electron chi connectivity index (χ0n) is 16.2. The predicted octanol–water partition coefficient (Wildman–Crippen LogP) is 6.64. The fourth-order valence-electron chi connectivity index (χ4n) is 3.78. The minimum atomic E-state index is -0.218. The average molecular weight is 442 g/mol. The molecule has 0 radical (unpaired) electrons. The highest BCUT2D eigenvalue weighted by atomic mass is 35.5. The lowest BCUT2D eigenvalue weighted by molar-refractivity contribution is 1.14. The Balaban J connectivity index is 1.88. The molecule has 2 aromatic heterocycles. The van der Waals surface area contributed by atoms with Gasteiger partial charge >= 0.3 is 0 Å². The molecule has 0 saturated carbocycles. The van der Waals surface area contributed by atoms with Gasteiger partial charge in [-0.05, 0) is 42.0 Å². The topological polar surface area (TPSA) is 61.5 Å². The van der Waals surface area contributed by atoms with Crippen LogP contribution in [0, 0.1) is 4.77 Å². The van der Waals surface area contributed by atoms with Crippen LogP contribution in [0.25, 0.3) is 44.5 Å². The number of pyridine rings is 1. The maximum absolute atomic E-state index is 13.3. The Morgan fingerprint density at radius 3 is 2.16 bits per heavy atom. The van der Waals surface area contributed by atoms with Crippen molar-refractivity contribution < 1.29 is 0 Å². The predicted molar refractivity (Wildman–Crippen MR) is 129 cm³/mol. The normalized spacial score (nSPS) is 11.0. The first-order valence-electron chi connectivity index (χ1n) is 9.68. The fraction of sp³-hybridized carbons (Fsp3) is 0. The van der Waals surface area contributed by atoms with Crippen LogP contribution < -0.4 is 5.56 Å². The van der Waals surface area contributed by atoms with Gasteiger partial charge in [0.1, 0.15) is 0 Å². The van der Waals surface area contributed by atoms with Gasteiger partial charge in [0.05, 0.1) is 17.0 Å². The average Bonchev–Trinajstić information content (AvgIpc) is 2.79. The lowest BCUT2D eigenvalue weighted by Crippen LogP contribution is -2.12. The van der Waals surface area contributed by atoms with Crippen LogP contribution in [-0.4, -0.2) is 15.0 Å².